The largest absolute Gasteiger partial charge is 0.381 e. The van der Waals surface area contributed by atoms with E-state index >= 15 is 0 Å². The molecule has 1 aliphatic heterocycles. The highest BCUT2D eigenvalue weighted by molar-refractivity contribution is 4.93. The van der Waals surface area contributed by atoms with Gasteiger partial charge < -0.3 is 14.4 Å². The zero-order valence-electron chi connectivity index (χ0n) is 34.1. The van der Waals surface area contributed by atoms with Crippen LogP contribution in [0.3, 0.4) is 0 Å². The van der Waals surface area contributed by atoms with E-state index in [9.17, 15) is 0 Å². The van der Waals surface area contributed by atoms with Crippen molar-refractivity contribution in [2.24, 2.45) is 11.8 Å². The molecule has 3 heteroatoms. The first-order valence-electron chi connectivity index (χ1n) is 22.2. The molecular formula is C47H87NO2. The molecule has 2 unspecified atom stereocenters. The molecule has 0 aromatic heterocycles. The van der Waals surface area contributed by atoms with Gasteiger partial charge in [0, 0.05) is 38.1 Å². The lowest BCUT2D eigenvalue weighted by Crippen LogP contribution is -2.23. The predicted octanol–water partition coefficient (Wildman–Crippen LogP) is 14.4. The van der Waals surface area contributed by atoms with Crippen molar-refractivity contribution in [2.45, 2.75) is 194 Å². The Morgan fingerprint density at radius 1 is 0.400 bits per heavy atom. The highest BCUT2D eigenvalue weighted by Gasteiger charge is 2.30. The number of unbranched alkanes of at least 4 members (excludes halogenated alkanes) is 22. The van der Waals surface area contributed by atoms with Crippen LogP contribution in [0.1, 0.15) is 194 Å². The van der Waals surface area contributed by atoms with Crippen molar-refractivity contribution >= 4 is 0 Å². The fourth-order valence-electron chi connectivity index (χ4n) is 7.11. The Morgan fingerprint density at radius 3 is 1.04 bits per heavy atom. The molecule has 1 rings (SSSR count). The molecule has 0 saturated carbocycles. The van der Waals surface area contributed by atoms with Gasteiger partial charge in [-0.1, -0.05) is 165 Å². The first-order chi connectivity index (χ1) is 24.8. The molecule has 0 aromatic carbocycles. The summed E-state index contributed by atoms with van der Waals surface area (Å²) >= 11 is 0. The fraction of sp³-hybridized carbons (Fsp3) is 0.830. The van der Waals surface area contributed by atoms with Crippen molar-refractivity contribution in [3.63, 3.8) is 0 Å². The summed E-state index contributed by atoms with van der Waals surface area (Å²) in [6, 6.07) is 0. The number of allylic oxidation sites excluding steroid dienone is 8. The summed E-state index contributed by atoms with van der Waals surface area (Å²) < 4.78 is 12.3. The van der Waals surface area contributed by atoms with Crippen LogP contribution in [0.15, 0.2) is 48.6 Å². The zero-order valence-corrected chi connectivity index (χ0v) is 34.1. The van der Waals surface area contributed by atoms with Crippen LogP contribution in [0.4, 0.5) is 0 Å². The number of nitrogens with zero attached hydrogens (tertiary/aromatic N) is 1. The van der Waals surface area contributed by atoms with Crippen LogP contribution in [0.5, 0.6) is 0 Å². The van der Waals surface area contributed by atoms with Gasteiger partial charge in [0.15, 0.2) is 0 Å². The summed E-state index contributed by atoms with van der Waals surface area (Å²) in [5.74, 6) is 1.27. The maximum absolute atomic E-state index is 6.17. The summed E-state index contributed by atoms with van der Waals surface area (Å²) in [6.45, 7) is 10.5. The number of rotatable bonds is 38. The predicted molar refractivity (Wildman–Crippen MR) is 223 cm³/mol. The Labute approximate surface area is 314 Å². The van der Waals surface area contributed by atoms with Gasteiger partial charge in [0.2, 0.25) is 0 Å². The third-order valence-corrected chi connectivity index (χ3v) is 10.4. The Kier molecular flexibility index (Phi) is 36.6. The topological polar surface area (TPSA) is 21.7 Å². The molecule has 0 aliphatic carbocycles. The third kappa shape index (κ3) is 32.7. The van der Waals surface area contributed by atoms with Crippen LogP contribution >= 0.6 is 0 Å². The molecule has 1 fully saturated rings. The minimum Gasteiger partial charge on any atom is -0.381 e. The second kappa shape index (κ2) is 39.1. The van der Waals surface area contributed by atoms with Crippen molar-refractivity contribution in [3.8, 4) is 0 Å². The monoisotopic (exact) mass is 698 g/mol. The standard InChI is InChI=1S/C47H87NO2/c1-4-6-8-10-12-14-16-18-20-22-24-26-28-30-32-34-36-38-40-49-44-46-42-48(3)43-47(46)45-50-41-39-37-35-33-31-29-27-25-23-21-19-17-15-13-11-9-7-5-2/h12-15,18-21,46-47H,4-11,16-17,22-45H2,1-3H3/b14-12-,15-13-,20-18-,21-19-. The van der Waals surface area contributed by atoms with Gasteiger partial charge in [0.25, 0.3) is 0 Å². The highest BCUT2D eigenvalue weighted by Crippen LogP contribution is 2.23. The lowest BCUT2D eigenvalue weighted by molar-refractivity contribution is 0.0482. The lowest BCUT2D eigenvalue weighted by atomic mass is 9.98. The molecular weight excluding hydrogens is 611 g/mol. The Hall–Kier alpha value is -1.16. The molecule has 3 nitrogen and oxygen atoms in total. The maximum Gasteiger partial charge on any atom is 0.0510 e. The van der Waals surface area contributed by atoms with E-state index in [0.717, 1.165) is 52.4 Å². The first-order valence-corrected chi connectivity index (χ1v) is 22.2. The quantitative estimate of drug-likeness (QED) is 0.0473. The van der Waals surface area contributed by atoms with Crippen LogP contribution in [0.25, 0.3) is 0 Å². The summed E-state index contributed by atoms with van der Waals surface area (Å²) in [5.41, 5.74) is 0. The molecule has 0 aromatic rings. The van der Waals surface area contributed by atoms with Gasteiger partial charge in [-0.2, -0.15) is 0 Å². The first kappa shape index (κ1) is 46.9. The number of hydrogen-bond donors (Lipinski definition) is 0. The molecule has 0 N–H and O–H groups in total. The average Bonchev–Trinajstić information content (AvgIpc) is 3.48. The molecule has 0 amide bonds. The van der Waals surface area contributed by atoms with Crippen molar-refractivity contribution < 1.29 is 9.47 Å². The Balaban J connectivity index is 1.85. The second-order valence-electron chi connectivity index (χ2n) is 15.5. The van der Waals surface area contributed by atoms with Crippen molar-refractivity contribution in [2.75, 3.05) is 46.6 Å². The Bertz CT molecular complexity index is 722. The molecule has 2 atom stereocenters. The molecule has 292 valence electrons. The summed E-state index contributed by atoms with van der Waals surface area (Å²) in [7, 11) is 2.25. The van der Waals surface area contributed by atoms with Crippen molar-refractivity contribution in [1.82, 2.24) is 4.90 Å². The van der Waals surface area contributed by atoms with E-state index in [1.54, 1.807) is 0 Å². The second-order valence-corrected chi connectivity index (χ2v) is 15.5. The van der Waals surface area contributed by atoms with Gasteiger partial charge in [0.05, 0.1) is 13.2 Å². The summed E-state index contributed by atoms with van der Waals surface area (Å²) in [6.07, 6.45) is 55.8. The number of hydrogen-bond acceptors (Lipinski definition) is 3. The minimum absolute atomic E-state index is 0.634. The van der Waals surface area contributed by atoms with E-state index in [1.807, 2.05) is 0 Å². The van der Waals surface area contributed by atoms with Crippen LogP contribution < -0.4 is 0 Å². The van der Waals surface area contributed by atoms with Gasteiger partial charge >= 0.3 is 0 Å². The van der Waals surface area contributed by atoms with E-state index in [0.29, 0.717) is 11.8 Å². The molecule has 0 spiro atoms. The van der Waals surface area contributed by atoms with Gasteiger partial charge in [-0.3, -0.25) is 0 Å². The maximum atomic E-state index is 6.17. The highest BCUT2D eigenvalue weighted by atomic mass is 16.5. The van der Waals surface area contributed by atoms with E-state index in [-0.39, 0.29) is 0 Å². The number of ether oxygens (including phenoxy) is 2. The van der Waals surface area contributed by atoms with E-state index < -0.39 is 0 Å². The summed E-state index contributed by atoms with van der Waals surface area (Å²) in [4.78, 5) is 2.47. The Morgan fingerprint density at radius 2 is 0.700 bits per heavy atom. The fourth-order valence-corrected chi connectivity index (χ4v) is 7.11. The van der Waals surface area contributed by atoms with Crippen molar-refractivity contribution in [1.29, 1.82) is 0 Å². The molecule has 1 saturated heterocycles. The van der Waals surface area contributed by atoms with Crippen LogP contribution in [-0.2, 0) is 9.47 Å². The minimum atomic E-state index is 0.634. The van der Waals surface area contributed by atoms with Gasteiger partial charge in [-0.05, 0) is 84.1 Å². The van der Waals surface area contributed by atoms with E-state index in [1.165, 1.54) is 167 Å². The van der Waals surface area contributed by atoms with Crippen LogP contribution in [0.2, 0.25) is 0 Å². The number of likely N-dealkylation sites (tertiary alicyclic amines) is 1. The lowest BCUT2D eigenvalue weighted by Gasteiger charge is -2.18. The van der Waals surface area contributed by atoms with Gasteiger partial charge in [0.1, 0.15) is 0 Å². The molecule has 0 bridgehead atoms. The van der Waals surface area contributed by atoms with Gasteiger partial charge in [-0.15, -0.1) is 0 Å². The third-order valence-electron chi connectivity index (χ3n) is 10.4. The normalized spacial score (nSPS) is 17.3. The van der Waals surface area contributed by atoms with Crippen LogP contribution in [-0.4, -0.2) is 51.5 Å². The van der Waals surface area contributed by atoms with E-state index in [2.05, 4.69) is 74.4 Å². The molecule has 50 heavy (non-hydrogen) atoms. The SMILES string of the molecule is CCCCC/C=C\C/C=C\CCCCCCCCCCOCC1CN(C)CC1COCCCCCCCCCC/C=C\C/C=C\CCCCC. The van der Waals surface area contributed by atoms with Crippen LogP contribution in [0, 0.1) is 11.8 Å². The summed E-state index contributed by atoms with van der Waals surface area (Å²) in [5, 5.41) is 0. The smallest absolute Gasteiger partial charge is 0.0510 e. The zero-order chi connectivity index (χ0) is 35.8. The van der Waals surface area contributed by atoms with E-state index in [4.69, 9.17) is 9.47 Å². The average molecular weight is 698 g/mol. The molecule has 0 radical (unpaired) electrons. The van der Waals surface area contributed by atoms with Crippen molar-refractivity contribution in [3.05, 3.63) is 48.6 Å². The molecule has 1 heterocycles. The van der Waals surface area contributed by atoms with Gasteiger partial charge in [-0.25, -0.2) is 0 Å². The molecule has 1 aliphatic rings.